The second-order valence-corrected chi connectivity index (χ2v) is 8.41. The summed E-state index contributed by atoms with van der Waals surface area (Å²) in [6, 6.07) is 1.87. The predicted molar refractivity (Wildman–Crippen MR) is 84.3 cm³/mol. The first kappa shape index (κ1) is 15.2. The Balaban J connectivity index is 1.92. The zero-order valence-electron chi connectivity index (χ0n) is 11.7. The SMILES string of the molecule is Nc1ncc(Br)cc1S(=O)(=O)N1CCCN2CCCC2C1. The molecule has 3 heterocycles. The molecule has 1 aromatic heterocycles. The van der Waals surface area contributed by atoms with Crippen molar-refractivity contribution in [2.45, 2.75) is 30.2 Å². The Labute approximate surface area is 133 Å². The summed E-state index contributed by atoms with van der Waals surface area (Å²) < 4.78 is 27.9. The standard InChI is InChI=1S/C13H19BrN4O2S/c14-10-7-12(13(15)16-8-10)21(19,20)18-6-2-5-17-4-1-3-11(17)9-18/h7-8,11H,1-6,9H2,(H2,15,16). The molecule has 0 aromatic carbocycles. The highest BCUT2D eigenvalue weighted by molar-refractivity contribution is 9.10. The lowest BCUT2D eigenvalue weighted by atomic mass is 10.2. The van der Waals surface area contributed by atoms with E-state index >= 15 is 0 Å². The summed E-state index contributed by atoms with van der Waals surface area (Å²) in [7, 11) is -3.59. The molecule has 3 rings (SSSR count). The monoisotopic (exact) mass is 374 g/mol. The molecule has 0 radical (unpaired) electrons. The van der Waals surface area contributed by atoms with Gasteiger partial charge in [-0.2, -0.15) is 4.31 Å². The fourth-order valence-corrected chi connectivity index (χ4v) is 5.26. The van der Waals surface area contributed by atoms with Gasteiger partial charge in [-0.15, -0.1) is 0 Å². The van der Waals surface area contributed by atoms with Crippen LogP contribution in [-0.2, 0) is 10.0 Å². The van der Waals surface area contributed by atoms with Gasteiger partial charge in [0, 0.05) is 29.8 Å². The van der Waals surface area contributed by atoms with Crippen molar-refractivity contribution in [3.63, 3.8) is 0 Å². The van der Waals surface area contributed by atoms with Crippen LogP contribution in [0.2, 0.25) is 0 Å². The van der Waals surface area contributed by atoms with Crippen LogP contribution < -0.4 is 5.73 Å². The minimum atomic E-state index is -3.59. The molecule has 0 bridgehead atoms. The third kappa shape index (κ3) is 2.94. The molecule has 0 aliphatic carbocycles. The molecule has 1 atom stereocenters. The Kier molecular flexibility index (Phi) is 4.22. The molecule has 8 heteroatoms. The molecule has 2 fully saturated rings. The van der Waals surface area contributed by atoms with E-state index < -0.39 is 10.0 Å². The van der Waals surface area contributed by atoms with Crippen molar-refractivity contribution < 1.29 is 8.42 Å². The van der Waals surface area contributed by atoms with Crippen molar-refractivity contribution in [3.8, 4) is 0 Å². The molecular weight excluding hydrogens is 356 g/mol. The highest BCUT2D eigenvalue weighted by Crippen LogP contribution is 2.28. The van der Waals surface area contributed by atoms with Crippen LogP contribution in [0.25, 0.3) is 0 Å². The van der Waals surface area contributed by atoms with Crippen molar-refractivity contribution in [2.24, 2.45) is 0 Å². The fourth-order valence-electron chi connectivity index (χ4n) is 3.17. The Morgan fingerprint density at radius 1 is 1.29 bits per heavy atom. The van der Waals surface area contributed by atoms with Crippen LogP contribution in [-0.4, -0.2) is 54.8 Å². The molecule has 1 aromatic rings. The largest absolute Gasteiger partial charge is 0.383 e. The van der Waals surface area contributed by atoms with Gasteiger partial charge >= 0.3 is 0 Å². The molecule has 21 heavy (non-hydrogen) atoms. The zero-order chi connectivity index (χ0) is 15.0. The van der Waals surface area contributed by atoms with Gasteiger partial charge in [0.2, 0.25) is 10.0 Å². The van der Waals surface area contributed by atoms with Gasteiger partial charge in [-0.25, -0.2) is 13.4 Å². The van der Waals surface area contributed by atoms with E-state index in [9.17, 15) is 8.42 Å². The molecule has 116 valence electrons. The summed E-state index contributed by atoms with van der Waals surface area (Å²) in [5.41, 5.74) is 5.78. The maximum Gasteiger partial charge on any atom is 0.246 e. The quantitative estimate of drug-likeness (QED) is 0.843. The number of halogens is 1. The number of nitrogen functional groups attached to an aromatic ring is 1. The second-order valence-electron chi connectivity index (χ2n) is 5.59. The smallest absolute Gasteiger partial charge is 0.246 e. The van der Waals surface area contributed by atoms with Crippen LogP contribution in [0.1, 0.15) is 19.3 Å². The van der Waals surface area contributed by atoms with Crippen molar-refractivity contribution in [3.05, 3.63) is 16.7 Å². The third-order valence-corrected chi connectivity index (χ3v) is 6.56. The number of hydrogen-bond acceptors (Lipinski definition) is 5. The molecule has 0 saturated carbocycles. The molecule has 0 amide bonds. The molecule has 0 spiro atoms. The fraction of sp³-hybridized carbons (Fsp3) is 0.615. The second kappa shape index (κ2) is 5.83. The lowest BCUT2D eigenvalue weighted by Crippen LogP contribution is -2.39. The van der Waals surface area contributed by atoms with E-state index in [2.05, 4.69) is 25.8 Å². The summed E-state index contributed by atoms with van der Waals surface area (Å²) in [6.45, 7) is 3.15. The predicted octanol–water partition coefficient (Wildman–Crippen LogP) is 1.29. The Bertz CT molecular complexity index is 637. The Morgan fingerprint density at radius 2 is 2.05 bits per heavy atom. The molecule has 2 saturated heterocycles. The minimum absolute atomic E-state index is 0.0609. The number of hydrogen-bond donors (Lipinski definition) is 1. The minimum Gasteiger partial charge on any atom is -0.383 e. The normalized spacial score (nSPS) is 24.7. The third-order valence-electron chi connectivity index (χ3n) is 4.23. The first-order chi connectivity index (χ1) is 9.98. The lowest BCUT2D eigenvalue weighted by molar-refractivity contribution is 0.257. The first-order valence-corrected chi connectivity index (χ1v) is 9.37. The molecule has 2 aliphatic rings. The zero-order valence-corrected chi connectivity index (χ0v) is 14.1. The van der Waals surface area contributed by atoms with E-state index in [-0.39, 0.29) is 10.7 Å². The number of nitrogens with zero attached hydrogens (tertiary/aromatic N) is 3. The van der Waals surface area contributed by atoms with E-state index in [1.807, 2.05) is 0 Å². The van der Waals surface area contributed by atoms with E-state index in [4.69, 9.17) is 5.73 Å². The van der Waals surface area contributed by atoms with Gasteiger partial charge in [0.05, 0.1) is 0 Å². The summed E-state index contributed by atoms with van der Waals surface area (Å²) in [5, 5.41) is 0. The summed E-state index contributed by atoms with van der Waals surface area (Å²) in [4.78, 5) is 6.45. The van der Waals surface area contributed by atoms with Gasteiger partial charge in [0.1, 0.15) is 10.7 Å². The van der Waals surface area contributed by atoms with Crippen LogP contribution in [0.5, 0.6) is 0 Å². The first-order valence-electron chi connectivity index (χ1n) is 7.14. The van der Waals surface area contributed by atoms with Crippen molar-refractivity contribution in [1.29, 1.82) is 0 Å². The summed E-state index contributed by atoms with van der Waals surface area (Å²) in [5.74, 6) is 0.0609. The topological polar surface area (TPSA) is 79.5 Å². The highest BCUT2D eigenvalue weighted by Gasteiger charge is 2.35. The number of pyridine rings is 1. The van der Waals surface area contributed by atoms with Gasteiger partial charge in [-0.1, -0.05) is 0 Å². The average Bonchev–Trinajstić information content (AvgIpc) is 2.78. The van der Waals surface area contributed by atoms with E-state index in [1.54, 1.807) is 4.31 Å². The van der Waals surface area contributed by atoms with Crippen molar-refractivity contribution >= 4 is 31.8 Å². The van der Waals surface area contributed by atoms with Crippen LogP contribution >= 0.6 is 15.9 Å². The van der Waals surface area contributed by atoms with E-state index in [0.29, 0.717) is 23.6 Å². The van der Waals surface area contributed by atoms with Gasteiger partial charge in [-0.05, 0) is 54.3 Å². The van der Waals surface area contributed by atoms with Gasteiger partial charge < -0.3 is 5.73 Å². The Hall–Kier alpha value is -0.700. The van der Waals surface area contributed by atoms with Crippen LogP contribution in [0, 0.1) is 0 Å². The van der Waals surface area contributed by atoms with Crippen molar-refractivity contribution in [1.82, 2.24) is 14.2 Å². The molecular formula is C13H19BrN4O2S. The summed E-state index contributed by atoms with van der Waals surface area (Å²) >= 11 is 3.26. The lowest BCUT2D eigenvalue weighted by Gasteiger charge is -2.25. The summed E-state index contributed by atoms with van der Waals surface area (Å²) in [6.07, 6.45) is 4.59. The van der Waals surface area contributed by atoms with Gasteiger partial charge in [-0.3, -0.25) is 4.90 Å². The molecule has 6 nitrogen and oxygen atoms in total. The van der Waals surface area contributed by atoms with E-state index in [1.165, 1.54) is 12.3 Å². The molecule has 2 N–H and O–H groups in total. The number of fused-ring (bicyclic) bond motifs is 1. The average molecular weight is 375 g/mol. The van der Waals surface area contributed by atoms with Gasteiger partial charge in [0.25, 0.3) is 0 Å². The molecule has 2 aliphatic heterocycles. The van der Waals surface area contributed by atoms with Crippen molar-refractivity contribution in [2.75, 3.05) is 31.9 Å². The van der Waals surface area contributed by atoms with E-state index in [0.717, 1.165) is 32.4 Å². The van der Waals surface area contributed by atoms with Gasteiger partial charge in [0.15, 0.2) is 0 Å². The number of anilines is 1. The van der Waals surface area contributed by atoms with Crippen LogP contribution in [0.15, 0.2) is 21.6 Å². The maximum absolute atomic E-state index is 12.9. The molecule has 1 unspecified atom stereocenters. The number of aromatic nitrogens is 1. The Morgan fingerprint density at radius 3 is 2.86 bits per heavy atom. The number of nitrogens with two attached hydrogens (primary N) is 1. The number of rotatable bonds is 2. The maximum atomic E-state index is 12.9. The number of sulfonamides is 1. The highest BCUT2D eigenvalue weighted by atomic mass is 79.9. The van der Waals surface area contributed by atoms with Crippen LogP contribution in [0.4, 0.5) is 5.82 Å². The van der Waals surface area contributed by atoms with Crippen LogP contribution in [0.3, 0.4) is 0 Å².